The van der Waals surface area contributed by atoms with E-state index in [0.29, 0.717) is 12.7 Å². The first kappa shape index (κ1) is 23.2. The molecule has 1 rings (SSSR count). The molecule has 0 N–H and O–H groups in total. The van der Waals surface area contributed by atoms with E-state index in [1.807, 2.05) is 36.4 Å². The molecule has 130 valence electrons. The molecule has 1 aromatic carbocycles. The van der Waals surface area contributed by atoms with Gasteiger partial charge in [-0.3, -0.25) is 0 Å². The summed E-state index contributed by atoms with van der Waals surface area (Å²) in [5.74, 6) is 0. The quantitative estimate of drug-likeness (QED) is 0.442. The third kappa shape index (κ3) is 11.4. The molecule has 0 amide bonds. The molecule has 7 heteroatoms. The second-order valence-corrected chi connectivity index (χ2v) is 11.9. The van der Waals surface area contributed by atoms with Gasteiger partial charge in [-0.2, -0.15) is 0 Å². The summed E-state index contributed by atoms with van der Waals surface area (Å²) in [7, 11) is 3.54. The summed E-state index contributed by atoms with van der Waals surface area (Å²) in [6.45, 7) is 12.5. The fourth-order valence-electron chi connectivity index (χ4n) is 1.53. The Morgan fingerprint density at radius 1 is 0.696 bits per heavy atom. The second-order valence-electron chi connectivity index (χ2n) is 4.27. The van der Waals surface area contributed by atoms with Gasteiger partial charge in [-0.05, 0) is 0 Å². The van der Waals surface area contributed by atoms with Crippen LogP contribution in [0.2, 0.25) is 0 Å². The summed E-state index contributed by atoms with van der Waals surface area (Å²) >= 11 is 11.1. The summed E-state index contributed by atoms with van der Waals surface area (Å²) in [4.78, 5) is 4.42. The largest absolute Gasteiger partial charge is 0.0623 e. The summed E-state index contributed by atoms with van der Waals surface area (Å²) in [6, 6.07) is 12.0. The van der Waals surface area contributed by atoms with Gasteiger partial charge in [-0.15, -0.1) is 0 Å². The van der Waals surface area contributed by atoms with Crippen LogP contribution in [0.5, 0.6) is 0 Å². The van der Waals surface area contributed by atoms with Crippen LogP contribution in [0.25, 0.3) is 0 Å². The van der Waals surface area contributed by atoms with Crippen LogP contribution in [-0.4, -0.2) is 57.3 Å². The van der Waals surface area contributed by atoms with Crippen molar-refractivity contribution < 1.29 is 0 Å². The predicted octanol–water partition coefficient (Wildman–Crippen LogP) is 4.93. The van der Waals surface area contributed by atoms with E-state index in [0.717, 1.165) is 34.8 Å². The minimum Gasteiger partial charge on any atom is -0.0623 e. The standard InChI is InChI=1S/C10H20N2S4Se.C6H6/c1-5-11(6-2)9(13)15-17-16-10(14)12(7-3)8-4;1-2-4-6-5-3-1/h5-8H2,1-4H3;1-6H. The Morgan fingerprint density at radius 3 is 1.17 bits per heavy atom. The zero-order valence-corrected chi connectivity index (χ0v) is 19.2. The summed E-state index contributed by atoms with van der Waals surface area (Å²) in [5, 5.41) is 0. The van der Waals surface area contributed by atoms with E-state index >= 15 is 0 Å². The molecule has 0 unspecified atom stereocenters. The van der Waals surface area contributed by atoms with E-state index in [2.05, 4.69) is 37.5 Å². The van der Waals surface area contributed by atoms with Crippen molar-refractivity contribution in [2.24, 2.45) is 0 Å². The van der Waals surface area contributed by atoms with Crippen molar-refractivity contribution in [3.05, 3.63) is 36.4 Å². The molecule has 0 saturated heterocycles. The smallest absolute Gasteiger partial charge is 0.0623 e. The minimum absolute atomic E-state index is 0.347. The number of hydrogen-bond acceptors (Lipinski definition) is 4. The monoisotopic (exact) mass is 454 g/mol. The van der Waals surface area contributed by atoms with Gasteiger partial charge >= 0.3 is 130 Å². The molecule has 0 aliphatic heterocycles. The maximum Gasteiger partial charge on any atom is -0.0623 e. The normalized spacial score (nSPS) is 9.57. The van der Waals surface area contributed by atoms with E-state index in [1.54, 1.807) is 20.4 Å². The van der Waals surface area contributed by atoms with Crippen molar-refractivity contribution in [3.63, 3.8) is 0 Å². The molecule has 0 fully saturated rings. The Labute approximate surface area is 165 Å². The Morgan fingerprint density at radius 2 is 0.957 bits per heavy atom. The molecule has 0 bridgehead atoms. The van der Waals surface area contributed by atoms with E-state index in [9.17, 15) is 0 Å². The van der Waals surface area contributed by atoms with Crippen molar-refractivity contribution in [2.45, 2.75) is 27.7 Å². The average molecular weight is 454 g/mol. The van der Waals surface area contributed by atoms with Crippen LogP contribution in [0.3, 0.4) is 0 Å². The fraction of sp³-hybridized carbons (Fsp3) is 0.500. The Balaban J connectivity index is 0.000000664. The number of rotatable bonds is 6. The molecule has 0 aromatic heterocycles. The van der Waals surface area contributed by atoms with E-state index < -0.39 is 0 Å². The first-order valence-electron chi connectivity index (χ1n) is 7.69. The fourth-order valence-corrected chi connectivity index (χ4v) is 10.1. The topological polar surface area (TPSA) is 6.48 Å². The number of nitrogens with zero attached hydrogens (tertiary/aromatic N) is 2. The third-order valence-corrected chi connectivity index (χ3v) is 11.3. The van der Waals surface area contributed by atoms with E-state index in [4.69, 9.17) is 24.4 Å². The van der Waals surface area contributed by atoms with E-state index in [1.165, 1.54) is 0 Å². The van der Waals surface area contributed by atoms with Gasteiger partial charge in [0, 0.05) is 0 Å². The Kier molecular flexibility index (Phi) is 15.9. The molecule has 2 nitrogen and oxygen atoms in total. The predicted molar refractivity (Wildman–Crippen MR) is 118 cm³/mol. The van der Waals surface area contributed by atoms with Crippen molar-refractivity contribution in [1.82, 2.24) is 9.80 Å². The molecule has 23 heavy (non-hydrogen) atoms. The summed E-state index contributed by atoms with van der Waals surface area (Å²) in [6.07, 6.45) is 0. The zero-order chi connectivity index (χ0) is 17.5. The van der Waals surface area contributed by atoms with Gasteiger partial charge in [0.2, 0.25) is 0 Å². The van der Waals surface area contributed by atoms with Crippen molar-refractivity contribution >= 4 is 66.2 Å². The van der Waals surface area contributed by atoms with Crippen LogP contribution < -0.4 is 0 Å². The second kappa shape index (κ2) is 15.7. The third-order valence-electron chi connectivity index (χ3n) is 2.92. The van der Waals surface area contributed by atoms with Crippen LogP contribution in [-0.2, 0) is 0 Å². The number of benzene rings is 1. The Bertz CT molecular complexity index is 373. The average Bonchev–Trinajstić information content (AvgIpc) is 2.59. The molecular formula is C16H26N2S4Se. The maximum atomic E-state index is 5.38. The zero-order valence-electron chi connectivity index (χ0n) is 14.2. The van der Waals surface area contributed by atoms with Crippen LogP contribution in [0.4, 0.5) is 0 Å². The van der Waals surface area contributed by atoms with Gasteiger partial charge in [-0.1, -0.05) is 36.4 Å². The molecule has 0 aliphatic carbocycles. The first-order chi connectivity index (χ1) is 11.1. The maximum absolute atomic E-state index is 5.38. The van der Waals surface area contributed by atoms with Crippen LogP contribution in [0.15, 0.2) is 36.4 Å². The van der Waals surface area contributed by atoms with Crippen LogP contribution >= 0.6 is 44.8 Å². The molecule has 0 radical (unpaired) electrons. The van der Waals surface area contributed by atoms with Crippen molar-refractivity contribution in [3.8, 4) is 0 Å². The van der Waals surface area contributed by atoms with Gasteiger partial charge in [-0.25, -0.2) is 0 Å². The molecule has 0 atom stereocenters. The van der Waals surface area contributed by atoms with Gasteiger partial charge in [0.25, 0.3) is 0 Å². The Hall–Kier alpha value is 0.219. The molecule has 0 saturated carbocycles. The molecule has 0 spiro atoms. The number of hydrogen-bond donors (Lipinski definition) is 0. The number of thiocarbonyl (C=S) groups is 2. The van der Waals surface area contributed by atoms with Crippen molar-refractivity contribution in [2.75, 3.05) is 26.2 Å². The minimum atomic E-state index is 0.347. The molecular weight excluding hydrogens is 427 g/mol. The van der Waals surface area contributed by atoms with E-state index in [-0.39, 0.29) is 0 Å². The van der Waals surface area contributed by atoms with Gasteiger partial charge in [0.05, 0.1) is 0 Å². The van der Waals surface area contributed by atoms with Gasteiger partial charge < -0.3 is 0 Å². The molecule has 1 aromatic rings. The van der Waals surface area contributed by atoms with Crippen LogP contribution in [0.1, 0.15) is 27.7 Å². The van der Waals surface area contributed by atoms with Gasteiger partial charge in [0.15, 0.2) is 0 Å². The van der Waals surface area contributed by atoms with Crippen LogP contribution in [0, 0.1) is 0 Å². The van der Waals surface area contributed by atoms with Crippen molar-refractivity contribution in [1.29, 1.82) is 0 Å². The summed E-state index contributed by atoms with van der Waals surface area (Å²) in [5.41, 5.74) is 0. The van der Waals surface area contributed by atoms with Gasteiger partial charge in [0.1, 0.15) is 0 Å². The molecule has 0 aliphatic rings. The first-order valence-corrected chi connectivity index (χ1v) is 14.2. The molecule has 0 heterocycles. The SMILES string of the molecule is CCN(CC)C(=S)S[Se]SC(=S)N(CC)CC.c1ccccc1. The summed E-state index contributed by atoms with van der Waals surface area (Å²) < 4.78 is 2.01.